The Morgan fingerprint density at radius 1 is 1.30 bits per heavy atom. The number of methoxy groups -OCH3 is 1. The number of aromatic nitrogens is 3. The van der Waals surface area contributed by atoms with E-state index in [2.05, 4.69) is 15.0 Å². The number of nitrogens with two attached hydrogens (primary N) is 1. The van der Waals surface area contributed by atoms with Gasteiger partial charge in [-0.05, 0) is 6.07 Å². The van der Waals surface area contributed by atoms with Crippen molar-refractivity contribution in [1.82, 2.24) is 15.0 Å². The molecule has 20 heavy (non-hydrogen) atoms. The summed E-state index contributed by atoms with van der Waals surface area (Å²) in [5, 5.41) is 11.0. The van der Waals surface area contributed by atoms with Gasteiger partial charge in [0.15, 0.2) is 0 Å². The number of rotatable bonds is 4. The summed E-state index contributed by atoms with van der Waals surface area (Å²) in [7, 11) is 1.33. The number of ether oxygens (including phenoxy) is 2. The lowest BCUT2D eigenvalue weighted by atomic mass is 10.3. The average molecular weight is 298 g/mol. The van der Waals surface area contributed by atoms with Crippen molar-refractivity contribution in [3.63, 3.8) is 0 Å². The standard InChI is InChI=1S/C10H8ClN5O4/c1-19-9-13-8(12)14-10(15-9)20-7-5(11)3-2-4-6(7)16(17)18/h2-4H,1H3,(H2,12,13,14,15). The molecule has 0 fully saturated rings. The molecule has 2 aromatic rings. The smallest absolute Gasteiger partial charge is 0.330 e. The Bertz CT molecular complexity index is 666. The molecule has 0 aliphatic heterocycles. The second-order valence-corrected chi connectivity index (χ2v) is 3.82. The predicted molar refractivity (Wildman–Crippen MR) is 69.0 cm³/mol. The molecule has 9 nitrogen and oxygen atoms in total. The van der Waals surface area contributed by atoms with Gasteiger partial charge >= 0.3 is 17.7 Å². The van der Waals surface area contributed by atoms with Crippen LogP contribution in [-0.4, -0.2) is 27.0 Å². The highest BCUT2D eigenvalue weighted by Gasteiger charge is 2.20. The van der Waals surface area contributed by atoms with E-state index in [-0.39, 0.29) is 34.4 Å². The highest BCUT2D eigenvalue weighted by atomic mass is 35.5. The lowest BCUT2D eigenvalue weighted by Crippen LogP contribution is -2.03. The van der Waals surface area contributed by atoms with Crippen LogP contribution in [0.3, 0.4) is 0 Å². The summed E-state index contributed by atoms with van der Waals surface area (Å²) >= 11 is 5.87. The molecule has 0 aliphatic carbocycles. The highest BCUT2D eigenvalue weighted by Crippen LogP contribution is 2.36. The van der Waals surface area contributed by atoms with E-state index in [1.165, 1.54) is 25.3 Å². The number of hydrogen-bond acceptors (Lipinski definition) is 8. The fourth-order valence-corrected chi connectivity index (χ4v) is 1.53. The molecule has 10 heteroatoms. The summed E-state index contributed by atoms with van der Waals surface area (Å²) in [6.45, 7) is 0. The van der Waals surface area contributed by atoms with E-state index in [0.29, 0.717) is 0 Å². The molecule has 1 heterocycles. The van der Waals surface area contributed by atoms with E-state index < -0.39 is 4.92 Å². The van der Waals surface area contributed by atoms with Crippen LogP contribution in [0.4, 0.5) is 11.6 Å². The van der Waals surface area contributed by atoms with E-state index in [4.69, 9.17) is 26.8 Å². The van der Waals surface area contributed by atoms with E-state index in [1.807, 2.05) is 0 Å². The van der Waals surface area contributed by atoms with Crippen molar-refractivity contribution < 1.29 is 14.4 Å². The van der Waals surface area contributed by atoms with Gasteiger partial charge in [-0.2, -0.15) is 9.97 Å². The zero-order valence-corrected chi connectivity index (χ0v) is 10.9. The van der Waals surface area contributed by atoms with Crippen LogP contribution in [0.1, 0.15) is 0 Å². The largest absolute Gasteiger partial charge is 0.467 e. The predicted octanol–water partition coefficient (Wildman–Crippen LogP) is 1.82. The number of nitro benzene ring substituents is 1. The summed E-state index contributed by atoms with van der Waals surface area (Å²) in [4.78, 5) is 21.4. The number of para-hydroxylation sites is 1. The van der Waals surface area contributed by atoms with Gasteiger partial charge in [0, 0.05) is 6.07 Å². The quantitative estimate of drug-likeness (QED) is 0.668. The minimum atomic E-state index is -0.636. The van der Waals surface area contributed by atoms with E-state index >= 15 is 0 Å². The first-order chi connectivity index (χ1) is 9.51. The number of hydrogen-bond donors (Lipinski definition) is 1. The minimum absolute atomic E-state index is 0.0390. The molecule has 0 amide bonds. The normalized spacial score (nSPS) is 10.1. The van der Waals surface area contributed by atoms with Crippen LogP contribution in [0.2, 0.25) is 5.02 Å². The lowest BCUT2D eigenvalue weighted by Gasteiger charge is -2.07. The minimum Gasteiger partial charge on any atom is -0.467 e. The van der Waals surface area contributed by atoms with Crippen LogP contribution in [0.15, 0.2) is 18.2 Å². The molecule has 2 N–H and O–H groups in total. The zero-order valence-electron chi connectivity index (χ0n) is 10.1. The van der Waals surface area contributed by atoms with Gasteiger partial charge in [0.25, 0.3) is 0 Å². The van der Waals surface area contributed by atoms with Crippen molar-refractivity contribution in [1.29, 1.82) is 0 Å². The van der Waals surface area contributed by atoms with Crippen LogP contribution >= 0.6 is 11.6 Å². The van der Waals surface area contributed by atoms with Crippen LogP contribution < -0.4 is 15.2 Å². The topological polar surface area (TPSA) is 126 Å². The fourth-order valence-electron chi connectivity index (χ4n) is 1.32. The van der Waals surface area contributed by atoms with E-state index in [9.17, 15) is 10.1 Å². The maximum atomic E-state index is 10.9. The molecule has 2 rings (SSSR count). The van der Waals surface area contributed by atoms with Gasteiger partial charge < -0.3 is 15.2 Å². The molecule has 0 saturated heterocycles. The third-order valence-electron chi connectivity index (χ3n) is 2.13. The molecule has 1 aromatic heterocycles. The molecule has 0 unspecified atom stereocenters. The van der Waals surface area contributed by atoms with E-state index in [0.717, 1.165) is 0 Å². The Morgan fingerprint density at radius 3 is 2.65 bits per heavy atom. The van der Waals surface area contributed by atoms with Gasteiger partial charge in [-0.3, -0.25) is 10.1 Å². The molecular formula is C10H8ClN5O4. The third kappa shape index (κ3) is 2.83. The first-order valence-electron chi connectivity index (χ1n) is 5.17. The molecule has 0 aliphatic rings. The Labute approximate surface area is 117 Å². The van der Waals surface area contributed by atoms with Gasteiger partial charge in [0.2, 0.25) is 11.7 Å². The maximum Gasteiger partial charge on any atom is 0.330 e. The Hall–Kier alpha value is -2.68. The van der Waals surface area contributed by atoms with Crippen LogP contribution in [0.25, 0.3) is 0 Å². The monoisotopic (exact) mass is 297 g/mol. The van der Waals surface area contributed by atoms with Crippen molar-refractivity contribution in [2.24, 2.45) is 0 Å². The van der Waals surface area contributed by atoms with E-state index in [1.54, 1.807) is 0 Å². The number of benzene rings is 1. The fraction of sp³-hybridized carbons (Fsp3) is 0.100. The van der Waals surface area contributed by atoms with Crippen LogP contribution in [0, 0.1) is 10.1 Å². The Balaban J connectivity index is 2.44. The summed E-state index contributed by atoms with van der Waals surface area (Å²) in [5.74, 6) is -0.339. The number of nitro groups is 1. The van der Waals surface area contributed by atoms with Crippen LogP contribution in [0.5, 0.6) is 17.8 Å². The van der Waals surface area contributed by atoms with Gasteiger partial charge in [0.1, 0.15) is 0 Å². The SMILES string of the molecule is COc1nc(N)nc(Oc2c(Cl)cccc2[N+](=O)[O-])n1. The first kappa shape index (κ1) is 13.7. The number of anilines is 1. The molecule has 0 saturated carbocycles. The molecule has 0 radical (unpaired) electrons. The highest BCUT2D eigenvalue weighted by molar-refractivity contribution is 6.32. The molecule has 104 valence electrons. The molecule has 0 bridgehead atoms. The van der Waals surface area contributed by atoms with Crippen LogP contribution in [-0.2, 0) is 0 Å². The molecule has 1 aromatic carbocycles. The molecule has 0 spiro atoms. The first-order valence-corrected chi connectivity index (χ1v) is 5.55. The van der Waals surface area contributed by atoms with Gasteiger partial charge in [-0.15, -0.1) is 4.98 Å². The second-order valence-electron chi connectivity index (χ2n) is 3.41. The van der Waals surface area contributed by atoms with Crippen molar-refractivity contribution in [2.75, 3.05) is 12.8 Å². The van der Waals surface area contributed by atoms with Gasteiger partial charge in [-0.25, -0.2) is 0 Å². The zero-order chi connectivity index (χ0) is 14.7. The number of nitrogen functional groups attached to an aromatic ring is 1. The number of halogens is 1. The summed E-state index contributed by atoms with van der Waals surface area (Å²) < 4.78 is 10.0. The molecule has 0 atom stereocenters. The summed E-state index contributed by atoms with van der Waals surface area (Å²) in [6, 6.07) is 3.76. The average Bonchev–Trinajstić information content (AvgIpc) is 2.40. The summed E-state index contributed by atoms with van der Waals surface area (Å²) in [6.07, 6.45) is 0. The van der Waals surface area contributed by atoms with Crippen molar-refractivity contribution >= 4 is 23.2 Å². The van der Waals surface area contributed by atoms with Gasteiger partial charge in [0.05, 0.1) is 17.1 Å². The maximum absolute atomic E-state index is 10.9. The Kier molecular flexibility index (Phi) is 3.80. The van der Waals surface area contributed by atoms with Crippen molar-refractivity contribution in [2.45, 2.75) is 0 Å². The Morgan fingerprint density at radius 2 is 2.00 bits per heavy atom. The molecular weight excluding hydrogens is 290 g/mol. The van der Waals surface area contributed by atoms with Crippen molar-refractivity contribution in [3.05, 3.63) is 33.3 Å². The second kappa shape index (κ2) is 5.53. The lowest BCUT2D eigenvalue weighted by molar-refractivity contribution is -0.385. The number of nitrogens with zero attached hydrogens (tertiary/aromatic N) is 4. The van der Waals surface area contributed by atoms with Crippen molar-refractivity contribution in [3.8, 4) is 17.8 Å². The third-order valence-corrected chi connectivity index (χ3v) is 2.43. The summed E-state index contributed by atoms with van der Waals surface area (Å²) in [5.41, 5.74) is 5.11. The van der Waals surface area contributed by atoms with Gasteiger partial charge in [-0.1, -0.05) is 17.7 Å².